The summed E-state index contributed by atoms with van der Waals surface area (Å²) in [4.78, 5) is 9.85. The molecule has 1 unspecified atom stereocenters. The zero-order valence-corrected chi connectivity index (χ0v) is 11.7. The number of rotatable bonds is 7. The number of halogens is 4. The fourth-order valence-corrected chi connectivity index (χ4v) is 2.18. The van der Waals surface area contributed by atoms with E-state index in [4.69, 9.17) is 4.74 Å². The molecule has 0 saturated heterocycles. The topological polar surface area (TPSA) is 26.3 Å². The highest BCUT2D eigenvalue weighted by Gasteiger charge is 2.30. The molecule has 19 heavy (non-hydrogen) atoms. The Hall–Kier alpha value is -1.04. The van der Waals surface area contributed by atoms with Crippen molar-refractivity contribution >= 4 is 22.2 Å². The molecular weight excluding hydrogens is 325 g/mol. The molecule has 0 aliphatic heterocycles. The van der Waals surface area contributed by atoms with Gasteiger partial charge in [0, 0.05) is 10.4 Å². The van der Waals surface area contributed by atoms with Gasteiger partial charge in [-0.1, -0.05) is 15.9 Å². The molecule has 0 spiro atoms. The van der Waals surface area contributed by atoms with Crippen LogP contribution in [0.25, 0.3) is 0 Å². The van der Waals surface area contributed by atoms with Gasteiger partial charge in [-0.2, -0.15) is 13.2 Å². The first-order valence-corrected chi connectivity index (χ1v) is 6.71. The van der Waals surface area contributed by atoms with E-state index in [0.29, 0.717) is 30.8 Å². The largest absolute Gasteiger partial charge is 0.494 e. The van der Waals surface area contributed by atoms with Crippen LogP contribution in [0, 0.1) is 0 Å². The van der Waals surface area contributed by atoms with E-state index in [1.165, 1.54) is 0 Å². The second-order valence-electron chi connectivity index (χ2n) is 4.09. The lowest BCUT2D eigenvalue weighted by molar-refractivity contribution is -0.134. The maximum Gasteiger partial charge on any atom is 0.390 e. The van der Waals surface area contributed by atoms with Crippen molar-refractivity contribution in [2.45, 2.75) is 30.3 Å². The van der Waals surface area contributed by atoms with Crippen LogP contribution in [-0.4, -0.2) is 23.9 Å². The maximum atomic E-state index is 12.1. The second-order valence-corrected chi connectivity index (χ2v) is 5.39. The number of aldehydes is 1. The van der Waals surface area contributed by atoms with Crippen LogP contribution < -0.4 is 4.74 Å². The van der Waals surface area contributed by atoms with Crippen LogP contribution in [0.15, 0.2) is 24.3 Å². The van der Waals surface area contributed by atoms with Gasteiger partial charge in [-0.25, -0.2) is 0 Å². The molecule has 106 valence electrons. The number of ether oxygens (including phenoxy) is 1. The molecular formula is C13H14BrF3O2. The molecule has 6 heteroatoms. The van der Waals surface area contributed by atoms with E-state index in [1.807, 2.05) is 0 Å². The third kappa shape index (κ3) is 7.20. The minimum atomic E-state index is -4.14. The van der Waals surface area contributed by atoms with Gasteiger partial charge in [0.25, 0.3) is 0 Å². The van der Waals surface area contributed by atoms with E-state index in [0.717, 1.165) is 6.29 Å². The summed E-state index contributed by atoms with van der Waals surface area (Å²) in [6.45, 7) is 0.348. The Labute approximate surface area is 118 Å². The van der Waals surface area contributed by atoms with Crippen molar-refractivity contribution in [2.24, 2.45) is 0 Å². The average molecular weight is 339 g/mol. The SMILES string of the molecule is O=Cc1ccc(OCCCC(Br)CC(F)(F)F)cc1. The summed E-state index contributed by atoms with van der Waals surface area (Å²) in [7, 11) is 0. The van der Waals surface area contributed by atoms with Crippen LogP contribution in [0.3, 0.4) is 0 Å². The third-order valence-corrected chi connectivity index (χ3v) is 3.18. The molecule has 1 aromatic carbocycles. The minimum Gasteiger partial charge on any atom is -0.494 e. The van der Waals surface area contributed by atoms with Crippen LogP contribution in [0.4, 0.5) is 13.2 Å². The summed E-state index contributed by atoms with van der Waals surface area (Å²) >= 11 is 3.00. The van der Waals surface area contributed by atoms with Gasteiger partial charge in [0.1, 0.15) is 12.0 Å². The van der Waals surface area contributed by atoms with Crippen molar-refractivity contribution in [2.75, 3.05) is 6.61 Å². The third-order valence-electron chi connectivity index (χ3n) is 2.40. The lowest BCUT2D eigenvalue weighted by atomic mass is 10.2. The number of benzene rings is 1. The van der Waals surface area contributed by atoms with Crippen molar-refractivity contribution < 1.29 is 22.7 Å². The molecule has 0 aliphatic carbocycles. The molecule has 1 rings (SSSR count). The molecule has 0 fully saturated rings. The highest BCUT2D eigenvalue weighted by molar-refractivity contribution is 9.09. The van der Waals surface area contributed by atoms with E-state index >= 15 is 0 Å². The predicted octanol–water partition coefficient (Wildman–Crippen LogP) is 4.37. The molecule has 0 aliphatic rings. The number of hydrogen-bond donors (Lipinski definition) is 0. The molecule has 0 amide bonds. The maximum absolute atomic E-state index is 12.1. The fourth-order valence-electron chi connectivity index (χ4n) is 1.49. The van der Waals surface area contributed by atoms with Crippen molar-refractivity contribution in [1.82, 2.24) is 0 Å². The summed E-state index contributed by atoms with van der Waals surface area (Å²) in [5.74, 6) is 0.604. The van der Waals surface area contributed by atoms with Gasteiger partial charge in [-0.05, 0) is 37.1 Å². The molecule has 1 atom stereocenters. The Bertz CT molecular complexity index is 390. The van der Waals surface area contributed by atoms with E-state index in [1.54, 1.807) is 24.3 Å². The molecule has 1 aromatic rings. The van der Waals surface area contributed by atoms with Gasteiger partial charge in [0.15, 0.2) is 0 Å². The zero-order chi connectivity index (χ0) is 14.3. The summed E-state index contributed by atoms with van der Waals surface area (Å²) in [6.07, 6.45) is -3.32. The molecule has 2 nitrogen and oxygen atoms in total. The van der Waals surface area contributed by atoms with Gasteiger partial charge in [0.05, 0.1) is 13.0 Å². The van der Waals surface area contributed by atoms with Crippen molar-refractivity contribution in [1.29, 1.82) is 0 Å². The smallest absolute Gasteiger partial charge is 0.390 e. The van der Waals surface area contributed by atoms with Crippen molar-refractivity contribution in [3.05, 3.63) is 29.8 Å². The predicted molar refractivity (Wildman–Crippen MR) is 69.9 cm³/mol. The number of alkyl halides is 4. The van der Waals surface area contributed by atoms with E-state index < -0.39 is 17.4 Å². The Morgan fingerprint density at radius 3 is 2.42 bits per heavy atom. The zero-order valence-electron chi connectivity index (χ0n) is 10.1. The van der Waals surface area contributed by atoms with Gasteiger partial charge in [0.2, 0.25) is 0 Å². The summed E-state index contributed by atoms with van der Waals surface area (Å²) in [5, 5.41) is 0. The number of hydrogen-bond acceptors (Lipinski definition) is 2. The number of carbonyl (C=O) groups excluding carboxylic acids is 1. The standard InChI is InChI=1S/C13H14BrF3O2/c14-11(8-13(15,16)17)2-1-7-19-12-5-3-10(9-18)4-6-12/h3-6,9,11H,1-2,7-8H2. The first-order chi connectivity index (χ1) is 8.90. The van der Waals surface area contributed by atoms with Gasteiger partial charge < -0.3 is 4.74 Å². The van der Waals surface area contributed by atoms with Gasteiger partial charge in [-0.3, -0.25) is 4.79 Å². The van der Waals surface area contributed by atoms with Crippen molar-refractivity contribution in [3.8, 4) is 5.75 Å². The first kappa shape index (κ1) is 16.0. The first-order valence-electron chi connectivity index (χ1n) is 5.79. The van der Waals surface area contributed by atoms with Gasteiger partial charge in [-0.15, -0.1) is 0 Å². The Balaban J connectivity index is 2.21. The van der Waals surface area contributed by atoms with Crippen LogP contribution in [-0.2, 0) is 0 Å². The lowest BCUT2D eigenvalue weighted by Crippen LogP contribution is -2.15. The molecule has 0 saturated carbocycles. The Morgan fingerprint density at radius 1 is 1.26 bits per heavy atom. The van der Waals surface area contributed by atoms with Crippen LogP contribution >= 0.6 is 15.9 Å². The Kier molecular flexibility index (Phi) is 6.34. The fraction of sp³-hybridized carbons (Fsp3) is 0.462. The lowest BCUT2D eigenvalue weighted by Gasteiger charge is -2.12. The van der Waals surface area contributed by atoms with Crippen LogP contribution in [0.1, 0.15) is 29.6 Å². The molecule has 0 heterocycles. The van der Waals surface area contributed by atoms with E-state index in [9.17, 15) is 18.0 Å². The molecule has 0 bridgehead atoms. The van der Waals surface area contributed by atoms with Gasteiger partial charge >= 0.3 is 6.18 Å². The second kappa shape index (κ2) is 7.53. The summed E-state index contributed by atoms with van der Waals surface area (Å²) in [5.41, 5.74) is 0.554. The monoisotopic (exact) mass is 338 g/mol. The van der Waals surface area contributed by atoms with Crippen LogP contribution in [0.5, 0.6) is 5.75 Å². The van der Waals surface area contributed by atoms with E-state index in [-0.39, 0.29) is 0 Å². The highest BCUT2D eigenvalue weighted by atomic mass is 79.9. The molecule has 0 N–H and O–H groups in total. The Morgan fingerprint density at radius 2 is 1.89 bits per heavy atom. The highest BCUT2D eigenvalue weighted by Crippen LogP contribution is 2.27. The van der Waals surface area contributed by atoms with Crippen LogP contribution in [0.2, 0.25) is 0 Å². The number of carbonyl (C=O) groups is 1. The average Bonchev–Trinajstić information content (AvgIpc) is 2.33. The minimum absolute atomic E-state index is 0.348. The quantitative estimate of drug-likeness (QED) is 0.419. The molecule has 0 aromatic heterocycles. The van der Waals surface area contributed by atoms with Crippen molar-refractivity contribution in [3.63, 3.8) is 0 Å². The summed E-state index contributed by atoms with van der Waals surface area (Å²) in [6, 6.07) is 6.56. The van der Waals surface area contributed by atoms with E-state index in [2.05, 4.69) is 15.9 Å². The summed E-state index contributed by atoms with van der Waals surface area (Å²) < 4.78 is 41.6. The molecule has 0 radical (unpaired) electrons. The normalized spacial score (nSPS) is 13.1.